The standard InChI is InChI=1S/C26H28N4O4/c1-33-22-12-8-20(9-13-22)29-26(32)23-4-2-3-5-24(23)27-18-25(31)28-19-6-10-21(11-7-19)30-14-16-34-17-15-30/h2-13,27H,14-18H2,1H3,(H,28,31)(H,29,32). The molecule has 8 heteroatoms. The van der Waals surface area contributed by atoms with Crippen LogP contribution in [0.15, 0.2) is 72.8 Å². The number of anilines is 4. The zero-order valence-corrected chi connectivity index (χ0v) is 19.0. The van der Waals surface area contributed by atoms with E-state index in [0.29, 0.717) is 28.4 Å². The van der Waals surface area contributed by atoms with Crippen LogP contribution in [0.4, 0.5) is 22.7 Å². The molecule has 3 aromatic rings. The van der Waals surface area contributed by atoms with Crippen LogP contribution in [-0.2, 0) is 9.53 Å². The summed E-state index contributed by atoms with van der Waals surface area (Å²) >= 11 is 0. The van der Waals surface area contributed by atoms with Gasteiger partial charge in [0.15, 0.2) is 0 Å². The number of methoxy groups -OCH3 is 1. The van der Waals surface area contributed by atoms with Crippen molar-refractivity contribution in [1.29, 1.82) is 0 Å². The van der Waals surface area contributed by atoms with E-state index in [4.69, 9.17) is 9.47 Å². The maximum Gasteiger partial charge on any atom is 0.257 e. The van der Waals surface area contributed by atoms with Gasteiger partial charge in [-0.15, -0.1) is 0 Å². The van der Waals surface area contributed by atoms with Crippen LogP contribution in [0, 0.1) is 0 Å². The van der Waals surface area contributed by atoms with E-state index < -0.39 is 0 Å². The molecule has 0 atom stereocenters. The first-order valence-electron chi connectivity index (χ1n) is 11.1. The lowest BCUT2D eigenvalue weighted by atomic mass is 10.1. The summed E-state index contributed by atoms with van der Waals surface area (Å²) in [7, 11) is 1.59. The van der Waals surface area contributed by atoms with E-state index >= 15 is 0 Å². The Hall–Kier alpha value is -4.04. The van der Waals surface area contributed by atoms with Gasteiger partial charge in [0.05, 0.1) is 32.4 Å². The van der Waals surface area contributed by atoms with Crippen LogP contribution in [0.25, 0.3) is 0 Å². The molecular formula is C26H28N4O4. The van der Waals surface area contributed by atoms with Crippen LogP contribution in [0.5, 0.6) is 5.75 Å². The number of amides is 2. The highest BCUT2D eigenvalue weighted by Crippen LogP contribution is 2.21. The summed E-state index contributed by atoms with van der Waals surface area (Å²) < 4.78 is 10.5. The van der Waals surface area contributed by atoms with E-state index in [1.54, 1.807) is 49.6 Å². The van der Waals surface area contributed by atoms with Crippen molar-refractivity contribution in [2.45, 2.75) is 0 Å². The van der Waals surface area contributed by atoms with Crippen LogP contribution < -0.4 is 25.6 Å². The maximum atomic E-state index is 12.8. The average molecular weight is 461 g/mol. The van der Waals surface area contributed by atoms with E-state index in [9.17, 15) is 9.59 Å². The third kappa shape index (κ3) is 6.05. The van der Waals surface area contributed by atoms with Crippen LogP contribution >= 0.6 is 0 Å². The van der Waals surface area contributed by atoms with E-state index in [0.717, 1.165) is 32.0 Å². The largest absolute Gasteiger partial charge is 0.497 e. The summed E-state index contributed by atoms with van der Waals surface area (Å²) in [5, 5.41) is 8.81. The van der Waals surface area contributed by atoms with Crippen molar-refractivity contribution in [2.75, 3.05) is 60.8 Å². The predicted octanol–water partition coefficient (Wildman–Crippen LogP) is 3.83. The second kappa shape index (κ2) is 11.2. The third-order valence-corrected chi connectivity index (χ3v) is 5.49. The van der Waals surface area contributed by atoms with E-state index in [1.165, 1.54) is 0 Å². The van der Waals surface area contributed by atoms with Gasteiger partial charge in [-0.2, -0.15) is 0 Å². The molecule has 3 aromatic carbocycles. The fourth-order valence-electron chi connectivity index (χ4n) is 3.67. The Balaban J connectivity index is 1.32. The molecule has 0 radical (unpaired) electrons. The van der Waals surface area contributed by atoms with E-state index in [2.05, 4.69) is 20.9 Å². The SMILES string of the molecule is COc1ccc(NC(=O)c2ccccc2NCC(=O)Nc2ccc(N3CCOCC3)cc2)cc1. The molecule has 1 heterocycles. The normalized spacial score (nSPS) is 13.1. The van der Waals surface area contributed by atoms with E-state index in [1.807, 2.05) is 30.3 Å². The van der Waals surface area contributed by atoms with Crippen molar-refractivity contribution in [3.63, 3.8) is 0 Å². The highest BCUT2D eigenvalue weighted by atomic mass is 16.5. The molecular weight excluding hydrogens is 432 g/mol. The van der Waals surface area contributed by atoms with Gasteiger partial charge >= 0.3 is 0 Å². The molecule has 1 aliphatic heterocycles. The molecule has 34 heavy (non-hydrogen) atoms. The van der Waals surface area contributed by atoms with Crippen molar-refractivity contribution < 1.29 is 19.1 Å². The monoisotopic (exact) mass is 460 g/mol. The van der Waals surface area contributed by atoms with Crippen molar-refractivity contribution in [2.24, 2.45) is 0 Å². The fourth-order valence-corrected chi connectivity index (χ4v) is 3.67. The van der Waals surface area contributed by atoms with Crippen LogP contribution in [-0.4, -0.2) is 51.8 Å². The smallest absolute Gasteiger partial charge is 0.257 e. The number of hydrogen-bond donors (Lipinski definition) is 3. The second-order valence-electron chi connectivity index (χ2n) is 7.78. The van der Waals surface area contributed by atoms with Crippen molar-refractivity contribution in [1.82, 2.24) is 0 Å². The lowest BCUT2D eigenvalue weighted by Crippen LogP contribution is -2.36. The van der Waals surface area contributed by atoms with Gasteiger partial charge in [-0.1, -0.05) is 12.1 Å². The first-order chi connectivity index (χ1) is 16.6. The Morgan fingerprint density at radius 2 is 1.53 bits per heavy atom. The molecule has 3 N–H and O–H groups in total. The summed E-state index contributed by atoms with van der Waals surface area (Å²) in [5.41, 5.74) is 3.50. The van der Waals surface area contributed by atoms with Gasteiger partial charge in [-0.3, -0.25) is 9.59 Å². The number of benzene rings is 3. The molecule has 0 aromatic heterocycles. The van der Waals surface area contributed by atoms with Crippen molar-refractivity contribution in [3.05, 3.63) is 78.4 Å². The molecule has 1 fully saturated rings. The Labute approximate surface area is 198 Å². The predicted molar refractivity (Wildman–Crippen MR) is 134 cm³/mol. The molecule has 0 spiro atoms. The van der Waals surface area contributed by atoms with Crippen LogP contribution in [0.2, 0.25) is 0 Å². The minimum Gasteiger partial charge on any atom is -0.497 e. The molecule has 176 valence electrons. The van der Waals surface area contributed by atoms with Gasteiger partial charge in [-0.05, 0) is 60.7 Å². The number of para-hydroxylation sites is 1. The zero-order valence-electron chi connectivity index (χ0n) is 19.0. The second-order valence-corrected chi connectivity index (χ2v) is 7.78. The number of nitrogens with zero attached hydrogens (tertiary/aromatic N) is 1. The minimum absolute atomic E-state index is 0.0258. The molecule has 0 unspecified atom stereocenters. The van der Waals surface area contributed by atoms with Gasteiger partial charge in [0.1, 0.15) is 5.75 Å². The first kappa shape index (κ1) is 23.1. The molecule has 0 saturated carbocycles. The molecule has 1 aliphatic rings. The Morgan fingerprint density at radius 1 is 0.882 bits per heavy atom. The van der Waals surface area contributed by atoms with Gasteiger partial charge in [0.2, 0.25) is 5.91 Å². The van der Waals surface area contributed by atoms with Gasteiger partial charge in [0.25, 0.3) is 5.91 Å². The number of carbonyl (C=O) groups excluding carboxylic acids is 2. The number of morpholine rings is 1. The van der Waals surface area contributed by atoms with E-state index in [-0.39, 0.29) is 18.4 Å². The van der Waals surface area contributed by atoms with Crippen molar-refractivity contribution >= 4 is 34.6 Å². The van der Waals surface area contributed by atoms with Gasteiger partial charge in [0, 0.05) is 35.8 Å². The van der Waals surface area contributed by atoms with Crippen LogP contribution in [0.3, 0.4) is 0 Å². The zero-order chi connectivity index (χ0) is 23.8. The summed E-state index contributed by atoms with van der Waals surface area (Å²) in [5.74, 6) is 0.235. The van der Waals surface area contributed by atoms with Gasteiger partial charge in [-0.25, -0.2) is 0 Å². The Bertz CT molecular complexity index is 1110. The topological polar surface area (TPSA) is 91.9 Å². The number of nitrogens with one attached hydrogen (secondary N) is 3. The molecule has 0 aliphatic carbocycles. The van der Waals surface area contributed by atoms with Crippen molar-refractivity contribution in [3.8, 4) is 5.75 Å². The summed E-state index contributed by atoms with van der Waals surface area (Å²) in [6, 6.07) is 21.9. The average Bonchev–Trinajstić information content (AvgIpc) is 2.89. The minimum atomic E-state index is -0.271. The lowest BCUT2D eigenvalue weighted by molar-refractivity contribution is -0.114. The molecule has 1 saturated heterocycles. The molecule has 8 nitrogen and oxygen atoms in total. The quantitative estimate of drug-likeness (QED) is 0.473. The number of hydrogen-bond acceptors (Lipinski definition) is 6. The highest BCUT2D eigenvalue weighted by Gasteiger charge is 2.13. The summed E-state index contributed by atoms with van der Waals surface area (Å²) in [6.07, 6.45) is 0. The fraction of sp³-hybridized carbons (Fsp3) is 0.231. The third-order valence-electron chi connectivity index (χ3n) is 5.49. The van der Waals surface area contributed by atoms with Gasteiger partial charge < -0.3 is 30.3 Å². The molecule has 2 amide bonds. The van der Waals surface area contributed by atoms with Crippen LogP contribution in [0.1, 0.15) is 10.4 Å². The first-order valence-corrected chi connectivity index (χ1v) is 11.1. The maximum absolute atomic E-state index is 12.8. The number of carbonyl (C=O) groups is 2. The Morgan fingerprint density at radius 3 is 2.24 bits per heavy atom. The number of ether oxygens (including phenoxy) is 2. The summed E-state index contributed by atoms with van der Waals surface area (Å²) in [6.45, 7) is 3.20. The molecule has 0 bridgehead atoms. The molecule has 4 rings (SSSR count). The summed E-state index contributed by atoms with van der Waals surface area (Å²) in [4.78, 5) is 27.5. The Kier molecular flexibility index (Phi) is 7.62. The lowest BCUT2D eigenvalue weighted by Gasteiger charge is -2.28. The highest BCUT2D eigenvalue weighted by molar-refractivity contribution is 6.08. The number of rotatable bonds is 8.